The predicted octanol–water partition coefficient (Wildman–Crippen LogP) is 5.79. The third kappa shape index (κ3) is 3.64. The molecule has 0 atom stereocenters. The summed E-state index contributed by atoms with van der Waals surface area (Å²) in [5, 5.41) is 8.72. The van der Waals surface area contributed by atoms with Gasteiger partial charge in [-0.15, -0.1) is 0 Å². The van der Waals surface area contributed by atoms with Crippen LogP contribution in [0.25, 0.3) is 16.7 Å². The highest BCUT2D eigenvalue weighted by atomic mass is 19.1. The summed E-state index contributed by atoms with van der Waals surface area (Å²) >= 11 is 0. The molecule has 0 bridgehead atoms. The van der Waals surface area contributed by atoms with Crippen molar-refractivity contribution in [2.45, 2.75) is 6.92 Å². The smallest absolute Gasteiger partial charge is 0.141 e. The Morgan fingerprint density at radius 1 is 1.04 bits per heavy atom. The van der Waals surface area contributed by atoms with Gasteiger partial charge in [-0.05, 0) is 47.9 Å². The monoisotopic (exact) mass is 325 g/mol. The highest BCUT2D eigenvalue weighted by molar-refractivity contribution is 5.72. The predicted molar refractivity (Wildman–Crippen MR) is 89.5 cm³/mol. The first-order valence-corrected chi connectivity index (χ1v) is 7.13. The van der Waals surface area contributed by atoms with Crippen LogP contribution >= 0.6 is 0 Å². The van der Waals surface area contributed by atoms with Crippen molar-refractivity contribution in [3.8, 4) is 17.2 Å². The van der Waals surface area contributed by atoms with E-state index in [0.29, 0.717) is 11.1 Å². The Hall–Kier alpha value is -3.06. The van der Waals surface area contributed by atoms with Gasteiger partial charge in [0.15, 0.2) is 0 Å². The van der Waals surface area contributed by atoms with Gasteiger partial charge in [0.05, 0.1) is 11.1 Å². The largest absolute Gasteiger partial charge is 0.206 e. The van der Waals surface area contributed by atoms with Crippen molar-refractivity contribution >= 4 is 5.57 Å². The fraction of sp³-hybridized carbons (Fsp3) is 0.0500. The van der Waals surface area contributed by atoms with Gasteiger partial charge in [-0.1, -0.05) is 36.9 Å². The lowest BCUT2D eigenvalue weighted by atomic mass is 9.98. The fourth-order valence-electron chi connectivity index (χ4n) is 2.21. The molecular formula is C20H14F3N. The lowest BCUT2D eigenvalue weighted by Crippen LogP contribution is -1.95. The lowest BCUT2D eigenvalue weighted by Gasteiger charge is -2.09. The van der Waals surface area contributed by atoms with Crippen LogP contribution in [-0.2, 0) is 0 Å². The molecule has 0 aliphatic heterocycles. The molecule has 24 heavy (non-hydrogen) atoms. The van der Waals surface area contributed by atoms with Crippen molar-refractivity contribution in [1.82, 2.24) is 0 Å². The zero-order chi connectivity index (χ0) is 17.7. The number of hydrogen-bond donors (Lipinski definition) is 0. The van der Waals surface area contributed by atoms with Gasteiger partial charge in [0.2, 0.25) is 0 Å². The molecule has 0 heterocycles. The molecule has 0 fully saturated rings. The summed E-state index contributed by atoms with van der Waals surface area (Å²) in [6.45, 7) is 5.26. The molecule has 0 radical (unpaired) electrons. The van der Waals surface area contributed by atoms with Crippen LogP contribution in [0.4, 0.5) is 13.2 Å². The fourth-order valence-corrected chi connectivity index (χ4v) is 2.21. The van der Waals surface area contributed by atoms with Crippen molar-refractivity contribution < 1.29 is 13.2 Å². The second kappa shape index (κ2) is 7.47. The summed E-state index contributed by atoms with van der Waals surface area (Å²) in [5.41, 5.74) is 0.599. The summed E-state index contributed by atoms with van der Waals surface area (Å²) in [6, 6.07) is 7.53. The van der Waals surface area contributed by atoms with Crippen molar-refractivity contribution in [3.63, 3.8) is 0 Å². The van der Waals surface area contributed by atoms with Crippen LogP contribution in [0.15, 0.2) is 61.2 Å². The van der Waals surface area contributed by atoms with Crippen LogP contribution in [-0.4, -0.2) is 0 Å². The number of rotatable bonds is 4. The Balaban J connectivity index is 2.50. The average Bonchev–Trinajstić information content (AvgIpc) is 2.54. The van der Waals surface area contributed by atoms with Gasteiger partial charge >= 0.3 is 0 Å². The minimum Gasteiger partial charge on any atom is -0.206 e. The number of nitriles is 1. The van der Waals surface area contributed by atoms with Gasteiger partial charge in [-0.25, -0.2) is 13.2 Å². The molecular weight excluding hydrogens is 311 g/mol. The van der Waals surface area contributed by atoms with Gasteiger partial charge in [0, 0.05) is 0 Å². The minimum atomic E-state index is -0.816. The van der Waals surface area contributed by atoms with E-state index in [2.05, 4.69) is 6.58 Å². The zero-order valence-electron chi connectivity index (χ0n) is 13.0. The standard InChI is InChI=1S/C20H14F3N/c1-3-4-5-6-13(2)16-10-18(22)20(19(23)11-16)14-7-8-15(12-24)17(21)9-14/h3-11H,1H2,2H3/b5-4-,13-6+. The highest BCUT2D eigenvalue weighted by Gasteiger charge is 2.15. The van der Waals surface area contributed by atoms with Crippen molar-refractivity contribution in [3.05, 3.63) is 89.8 Å². The van der Waals surface area contributed by atoms with Crippen LogP contribution in [0.3, 0.4) is 0 Å². The van der Waals surface area contributed by atoms with E-state index in [4.69, 9.17) is 5.26 Å². The quantitative estimate of drug-likeness (QED) is 0.653. The molecule has 120 valence electrons. The zero-order valence-corrected chi connectivity index (χ0v) is 13.0. The van der Waals surface area contributed by atoms with E-state index in [1.54, 1.807) is 37.3 Å². The number of benzene rings is 2. The maximum atomic E-state index is 14.4. The first-order chi connectivity index (χ1) is 11.5. The van der Waals surface area contributed by atoms with Crippen molar-refractivity contribution in [2.24, 2.45) is 0 Å². The van der Waals surface area contributed by atoms with E-state index >= 15 is 0 Å². The van der Waals surface area contributed by atoms with E-state index in [1.807, 2.05) is 0 Å². The Kier molecular flexibility index (Phi) is 5.39. The Bertz CT molecular complexity index is 863. The highest BCUT2D eigenvalue weighted by Crippen LogP contribution is 2.30. The van der Waals surface area contributed by atoms with E-state index in [-0.39, 0.29) is 16.7 Å². The van der Waals surface area contributed by atoms with E-state index < -0.39 is 17.5 Å². The van der Waals surface area contributed by atoms with Crippen LogP contribution in [0.1, 0.15) is 18.1 Å². The SMILES string of the molecule is C=C/C=C\C=C(/C)c1cc(F)c(-c2ccc(C#N)c(F)c2)c(F)c1. The number of nitrogens with zero attached hydrogens (tertiary/aromatic N) is 1. The molecule has 0 saturated heterocycles. The molecule has 0 aromatic heterocycles. The molecule has 1 nitrogen and oxygen atoms in total. The van der Waals surface area contributed by atoms with Gasteiger partial charge in [0.1, 0.15) is 23.5 Å². The summed E-state index contributed by atoms with van der Waals surface area (Å²) in [5.74, 6) is -2.41. The van der Waals surface area contributed by atoms with Gasteiger partial charge in [-0.3, -0.25) is 0 Å². The Labute approximate surface area is 138 Å². The Morgan fingerprint density at radius 2 is 1.71 bits per heavy atom. The molecule has 4 heteroatoms. The Morgan fingerprint density at radius 3 is 2.25 bits per heavy atom. The van der Waals surface area contributed by atoms with E-state index in [9.17, 15) is 13.2 Å². The average molecular weight is 325 g/mol. The number of halogens is 3. The number of hydrogen-bond acceptors (Lipinski definition) is 1. The third-order valence-electron chi connectivity index (χ3n) is 3.47. The summed E-state index contributed by atoms with van der Waals surface area (Å²) in [4.78, 5) is 0. The third-order valence-corrected chi connectivity index (χ3v) is 3.47. The van der Waals surface area contributed by atoms with Gasteiger partial charge in [0.25, 0.3) is 0 Å². The molecule has 2 rings (SSSR count). The van der Waals surface area contributed by atoms with Crippen LogP contribution in [0.5, 0.6) is 0 Å². The molecule has 0 spiro atoms. The molecule has 0 saturated carbocycles. The van der Waals surface area contributed by atoms with Gasteiger partial charge < -0.3 is 0 Å². The molecule has 2 aromatic carbocycles. The van der Waals surface area contributed by atoms with Gasteiger partial charge in [-0.2, -0.15) is 5.26 Å². The molecule has 0 aliphatic carbocycles. The summed E-state index contributed by atoms with van der Waals surface area (Å²) in [7, 11) is 0. The minimum absolute atomic E-state index is 0.0428. The van der Waals surface area contributed by atoms with Crippen LogP contribution in [0, 0.1) is 28.8 Å². The normalized spacial score (nSPS) is 11.5. The topological polar surface area (TPSA) is 23.8 Å². The van der Waals surface area contributed by atoms with Crippen molar-refractivity contribution in [2.75, 3.05) is 0 Å². The van der Waals surface area contributed by atoms with E-state index in [1.165, 1.54) is 24.3 Å². The maximum Gasteiger partial charge on any atom is 0.141 e. The van der Waals surface area contributed by atoms with Crippen LogP contribution < -0.4 is 0 Å². The van der Waals surface area contributed by atoms with Crippen LogP contribution in [0.2, 0.25) is 0 Å². The first-order valence-electron chi connectivity index (χ1n) is 7.13. The molecule has 0 unspecified atom stereocenters. The molecule has 0 aliphatic rings. The lowest BCUT2D eigenvalue weighted by molar-refractivity contribution is 0.588. The first kappa shape index (κ1) is 17.3. The molecule has 2 aromatic rings. The second-order valence-corrected chi connectivity index (χ2v) is 5.09. The molecule has 0 amide bonds. The van der Waals surface area contributed by atoms with E-state index in [0.717, 1.165) is 6.07 Å². The number of allylic oxidation sites excluding steroid dienone is 5. The second-order valence-electron chi connectivity index (χ2n) is 5.09. The summed E-state index contributed by atoms with van der Waals surface area (Å²) in [6.07, 6.45) is 6.70. The maximum absolute atomic E-state index is 14.4. The molecule has 0 N–H and O–H groups in total. The summed E-state index contributed by atoms with van der Waals surface area (Å²) < 4.78 is 42.4. The van der Waals surface area contributed by atoms with Crippen molar-refractivity contribution in [1.29, 1.82) is 5.26 Å².